The lowest BCUT2D eigenvalue weighted by Gasteiger charge is -2.52. The van der Waals surface area contributed by atoms with Crippen molar-refractivity contribution in [2.24, 2.45) is 22.7 Å². The van der Waals surface area contributed by atoms with Gasteiger partial charge in [-0.05, 0) is 37.0 Å². The molecule has 4 rings (SSSR count). The van der Waals surface area contributed by atoms with Crippen molar-refractivity contribution in [2.45, 2.75) is 38.1 Å². The maximum absolute atomic E-state index is 14.8. The molecule has 2 heterocycles. The topological polar surface area (TPSA) is 114 Å². The fourth-order valence-electron chi connectivity index (χ4n) is 5.02. The summed E-state index contributed by atoms with van der Waals surface area (Å²) in [7, 11) is 0. The van der Waals surface area contributed by atoms with Crippen LogP contribution in [0.3, 0.4) is 0 Å². The van der Waals surface area contributed by atoms with E-state index in [-0.39, 0.29) is 11.5 Å². The predicted molar refractivity (Wildman–Crippen MR) is 97.7 cm³/mol. The van der Waals surface area contributed by atoms with E-state index >= 15 is 0 Å². The van der Waals surface area contributed by atoms with Crippen molar-refractivity contribution in [3.8, 4) is 18.2 Å². The van der Waals surface area contributed by atoms with Gasteiger partial charge in [-0.1, -0.05) is 22.9 Å². The van der Waals surface area contributed by atoms with Gasteiger partial charge in [0.1, 0.15) is 11.9 Å². The first-order valence-corrected chi connectivity index (χ1v) is 9.74. The first-order chi connectivity index (χ1) is 13.3. The zero-order chi connectivity index (χ0) is 20.3. The number of nitrogens with zero attached hydrogens (tertiary/aromatic N) is 3. The number of rotatable bonds is 1. The highest BCUT2D eigenvalue weighted by Gasteiger charge is 2.81. The maximum Gasteiger partial charge on any atom is 0.217 e. The summed E-state index contributed by atoms with van der Waals surface area (Å²) in [4.78, 5) is 0. The molecule has 0 aromatic heterocycles. The van der Waals surface area contributed by atoms with E-state index in [2.05, 4.69) is 22.0 Å². The Kier molecular flexibility index (Phi) is 4.05. The van der Waals surface area contributed by atoms with Crippen molar-refractivity contribution in [1.82, 2.24) is 0 Å². The third kappa shape index (κ3) is 2.04. The summed E-state index contributed by atoms with van der Waals surface area (Å²) < 4.78 is 27.3. The van der Waals surface area contributed by atoms with Crippen molar-refractivity contribution in [1.29, 1.82) is 21.2 Å². The molecule has 5 unspecified atom stereocenters. The number of hydrogen-bond acceptors (Lipinski definition) is 6. The molecule has 28 heavy (non-hydrogen) atoms. The van der Waals surface area contributed by atoms with Crippen molar-refractivity contribution in [3.05, 3.63) is 34.1 Å². The van der Waals surface area contributed by atoms with Crippen LogP contribution in [0.1, 0.15) is 37.9 Å². The second-order valence-electron chi connectivity index (χ2n) is 7.79. The third-order valence-corrected chi connectivity index (χ3v) is 6.91. The smallest absolute Gasteiger partial charge is 0.217 e. The molecule has 8 heteroatoms. The highest BCUT2D eigenvalue weighted by atomic mass is 79.9. The highest BCUT2D eigenvalue weighted by molar-refractivity contribution is 9.10. The van der Waals surface area contributed by atoms with Gasteiger partial charge >= 0.3 is 0 Å². The summed E-state index contributed by atoms with van der Waals surface area (Å²) in [6.07, 6.45) is 0.260. The molecule has 6 nitrogen and oxygen atoms in total. The van der Waals surface area contributed by atoms with E-state index in [1.807, 2.05) is 19.1 Å². The monoisotopic (exact) mass is 442 g/mol. The molecule has 1 aromatic carbocycles. The lowest BCUT2D eigenvalue weighted by atomic mass is 9.50. The summed E-state index contributed by atoms with van der Waals surface area (Å²) >= 11 is 3.28. The van der Waals surface area contributed by atoms with Crippen molar-refractivity contribution >= 4 is 21.8 Å². The first kappa shape index (κ1) is 18.9. The van der Waals surface area contributed by atoms with Crippen LogP contribution in [0.2, 0.25) is 0 Å². The lowest BCUT2D eigenvalue weighted by molar-refractivity contribution is -0.298. The number of nitriles is 3. The predicted octanol–water partition coefficient (Wildman–Crippen LogP) is 4.34. The highest BCUT2D eigenvalue weighted by Crippen LogP contribution is 2.70. The Morgan fingerprint density at radius 1 is 1.25 bits per heavy atom. The van der Waals surface area contributed by atoms with E-state index < -0.39 is 40.4 Å². The Balaban J connectivity index is 2.03. The van der Waals surface area contributed by atoms with Crippen LogP contribution in [-0.2, 0) is 9.47 Å². The third-order valence-electron chi connectivity index (χ3n) is 6.41. The normalized spacial score (nSPS) is 37.7. The summed E-state index contributed by atoms with van der Waals surface area (Å²) in [6.45, 7) is 2.02. The van der Waals surface area contributed by atoms with Crippen LogP contribution in [0, 0.1) is 67.9 Å². The van der Waals surface area contributed by atoms with Crippen LogP contribution in [-0.4, -0.2) is 11.7 Å². The largest absolute Gasteiger partial charge is 0.447 e. The Hall–Kier alpha value is -2.47. The SMILES string of the molecule is CC1CCC23OC(=N)C(C#N)(C2C1)C(C#N)(C#N)C(c1cc(Br)ccc1F)O3. The number of ether oxygens (including phenoxy) is 2. The number of hydrogen-bond donors (Lipinski definition) is 1. The number of benzene rings is 1. The quantitative estimate of drug-likeness (QED) is 0.694. The van der Waals surface area contributed by atoms with Crippen LogP contribution < -0.4 is 0 Å². The van der Waals surface area contributed by atoms with Crippen LogP contribution in [0.25, 0.3) is 0 Å². The molecule has 2 aliphatic heterocycles. The van der Waals surface area contributed by atoms with Crippen LogP contribution in [0.5, 0.6) is 0 Å². The zero-order valence-electron chi connectivity index (χ0n) is 15.0. The molecular weight excluding hydrogens is 427 g/mol. The Labute approximate surface area is 170 Å². The average Bonchev–Trinajstić information content (AvgIpc) is 2.88. The van der Waals surface area contributed by atoms with Gasteiger partial charge in [0.15, 0.2) is 5.41 Å². The van der Waals surface area contributed by atoms with Gasteiger partial charge in [0, 0.05) is 16.5 Å². The fourth-order valence-corrected chi connectivity index (χ4v) is 5.40. The Morgan fingerprint density at radius 3 is 2.61 bits per heavy atom. The van der Waals surface area contributed by atoms with E-state index in [0.717, 1.165) is 6.42 Å². The molecule has 1 aliphatic carbocycles. The summed E-state index contributed by atoms with van der Waals surface area (Å²) in [6, 6.07) is 10.1. The average molecular weight is 443 g/mol. The lowest BCUT2D eigenvalue weighted by Crippen LogP contribution is -2.61. The van der Waals surface area contributed by atoms with Gasteiger partial charge in [0.25, 0.3) is 0 Å². The van der Waals surface area contributed by atoms with Gasteiger partial charge in [-0.15, -0.1) is 0 Å². The summed E-state index contributed by atoms with van der Waals surface area (Å²) in [5.74, 6) is -2.82. The van der Waals surface area contributed by atoms with Crippen molar-refractivity contribution < 1.29 is 13.9 Å². The molecule has 3 aliphatic rings. The minimum absolute atomic E-state index is 0.00755. The van der Waals surface area contributed by atoms with Gasteiger partial charge in [-0.2, -0.15) is 15.8 Å². The van der Waals surface area contributed by atoms with E-state index in [0.29, 0.717) is 17.3 Å². The molecule has 1 aromatic rings. The molecule has 5 atom stereocenters. The van der Waals surface area contributed by atoms with Crippen LogP contribution in [0.15, 0.2) is 22.7 Å². The van der Waals surface area contributed by atoms with Crippen LogP contribution in [0.4, 0.5) is 4.39 Å². The molecule has 1 saturated carbocycles. The Morgan fingerprint density at radius 2 is 1.96 bits per heavy atom. The molecule has 2 saturated heterocycles. The second-order valence-corrected chi connectivity index (χ2v) is 8.71. The van der Waals surface area contributed by atoms with E-state index in [9.17, 15) is 20.2 Å². The molecule has 1 N–H and O–H groups in total. The zero-order valence-corrected chi connectivity index (χ0v) is 16.6. The van der Waals surface area contributed by atoms with Gasteiger partial charge in [-0.3, -0.25) is 5.41 Å². The van der Waals surface area contributed by atoms with Crippen molar-refractivity contribution in [2.75, 3.05) is 0 Å². The standard InChI is InChI=1S/C20H16BrFN4O2/c1-11-4-5-20-15(6-11)19(10-25,17(26)28-20)18(8-23,9-24)16(27-20)13-7-12(21)2-3-14(13)22/h2-3,7,11,15-16,26H,4-6H2,1H3. The van der Waals surface area contributed by atoms with E-state index in [1.165, 1.54) is 18.2 Å². The minimum atomic E-state index is -2.12. The van der Waals surface area contributed by atoms with Crippen LogP contribution >= 0.6 is 15.9 Å². The van der Waals surface area contributed by atoms with E-state index in [1.54, 1.807) is 0 Å². The number of halogens is 2. The number of nitrogens with one attached hydrogen (secondary N) is 1. The summed E-state index contributed by atoms with van der Waals surface area (Å²) in [5, 5.41) is 38.9. The van der Waals surface area contributed by atoms with Crippen molar-refractivity contribution in [3.63, 3.8) is 0 Å². The molecular formula is C20H16BrFN4O2. The minimum Gasteiger partial charge on any atom is -0.447 e. The molecule has 142 valence electrons. The van der Waals surface area contributed by atoms with Gasteiger partial charge in [0.2, 0.25) is 17.1 Å². The van der Waals surface area contributed by atoms with Gasteiger partial charge in [0.05, 0.1) is 24.1 Å². The van der Waals surface area contributed by atoms with E-state index in [4.69, 9.17) is 14.9 Å². The molecule has 3 fully saturated rings. The second kappa shape index (κ2) is 6.01. The van der Waals surface area contributed by atoms with Gasteiger partial charge < -0.3 is 9.47 Å². The summed E-state index contributed by atoms with van der Waals surface area (Å²) in [5.41, 5.74) is -3.96. The van der Waals surface area contributed by atoms with Gasteiger partial charge in [-0.25, -0.2) is 4.39 Å². The molecule has 0 amide bonds. The molecule has 2 bridgehead atoms. The molecule has 0 radical (unpaired) electrons. The maximum atomic E-state index is 14.8. The Bertz CT molecular complexity index is 995. The molecule has 0 spiro atoms. The fraction of sp³-hybridized carbons (Fsp3) is 0.500. The first-order valence-electron chi connectivity index (χ1n) is 8.95.